The monoisotopic (exact) mass is 310 g/mol. The first kappa shape index (κ1) is 16.7. The minimum absolute atomic E-state index is 0.0586. The number of nitrogens with zero attached hydrogens (tertiary/aromatic N) is 3. The third-order valence-electron chi connectivity index (χ3n) is 5.77. The van der Waals surface area contributed by atoms with Crippen LogP contribution in [0.3, 0.4) is 0 Å². The summed E-state index contributed by atoms with van der Waals surface area (Å²) in [6, 6.07) is 0. The molecule has 5 heteroatoms. The first-order valence-electron chi connectivity index (χ1n) is 9.37. The summed E-state index contributed by atoms with van der Waals surface area (Å²) in [5.41, 5.74) is 0. The summed E-state index contributed by atoms with van der Waals surface area (Å²) in [4.78, 5) is 7.85. The zero-order chi connectivity index (χ0) is 15.2. The van der Waals surface area contributed by atoms with E-state index in [0.29, 0.717) is 5.92 Å². The summed E-state index contributed by atoms with van der Waals surface area (Å²) >= 11 is 0. The summed E-state index contributed by atoms with van der Waals surface area (Å²) in [7, 11) is 0. The molecule has 2 heterocycles. The Bertz CT molecular complexity index is 310. The fraction of sp³-hybridized carbons (Fsp3) is 1.00. The Morgan fingerprint density at radius 2 is 1.36 bits per heavy atom. The molecule has 0 radical (unpaired) electrons. The second-order valence-electron chi connectivity index (χ2n) is 7.35. The van der Waals surface area contributed by atoms with Gasteiger partial charge in [0.2, 0.25) is 0 Å². The molecule has 1 aliphatic carbocycles. The number of hydrogen-bond acceptors (Lipinski definition) is 5. The van der Waals surface area contributed by atoms with Crippen molar-refractivity contribution >= 4 is 0 Å². The lowest BCUT2D eigenvalue weighted by molar-refractivity contribution is 0.0439. The van der Waals surface area contributed by atoms with E-state index < -0.39 is 0 Å². The standard InChI is InChI=1S/C17H34N4O/c22-17-4-2-1-3-16(17)15-21-13-11-19-7-5-18-6-8-20(10-9-19)12-14-21/h16-18,22H,1-15H2. The molecule has 4 atom stereocenters. The molecular weight excluding hydrogens is 276 g/mol. The molecule has 2 bridgehead atoms. The van der Waals surface area contributed by atoms with Crippen molar-refractivity contribution in [1.82, 2.24) is 20.0 Å². The van der Waals surface area contributed by atoms with Crippen LogP contribution in [0.1, 0.15) is 25.7 Å². The predicted octanol–water partition coefficient (Wildman–Crippen LogP) is 0.0603. The second-order valence-corrected chi connectivity index (χ2v) is 7.35. The Hall–Kier alpha value is -0.200. The van der Waals surface area contributed by atoms with Crippen LogP contribution in [0.5, 0.6) is 0 Å². The molecule has 0 aromatic rings. The van der Waals surface area contributed by atoms with Crippen LogP contribution in [-0.2, 0) is 0 Å². The number of aliphatic hydroxyl groups excluding tert-OH is 1. The van der Waals surface area contributed by atoms with Crippen molar-refractivity contribution in [3.05, 3.63) is 0 Å². The summed E-state index contributed by atoms with van der Waals surface area (Å²) in [5.74, 6) is 0.506. The van der Waals surface area contributed by atoms with Crippen LogP contribution in [-0.4, -0.2) is 97.9 Å². The maximum Gasteiger partial charge on any atom is 0.0580 e. The zero-order valence-electron chi connectivity index (χ0n) is 14.1. The number of rotatable bonds is 2. The Labute approximate surface area is 135 Å². The van der Waals surface area contributed by atoms with Crippen molar-refractivity contribution in [3.63, 3.8) is 0 Å². The molecule has 3 rings (SSSR count). The first-order chi connectivity index (χ1) is 10.8. The maximum atomic E-state index is 10.3. The molecule has 2 aliphatic heterocycles. The van der Waals surface area contributed by atoms with E-state index in [4.69, 9.17) is 0 Å². The molecule has 0 spiro atoms. The van der Waals surface area contributed by atoms with Crippen molar-refractivity contribution in [2.75, 3.05) is 72.0 Å². The summed E-state index contributed by atoms with van der Waals surface area (Å²) in [5, 5.41) is 13.8. The van der Waals surface area contributed by atoms with Gasteiger partial charge in [-0.1, -0.05) is 12.8 Å². The van der Waals surface area contributed by atoms with Crippen LogP contribution in [0.25, 0.3) is 0 Å². The van der Waals surface area contributed by atoms with Crippen molar-refractivity contribution in [2.24, 2.45) is 5.92 Å². The molecule has 5 nitrogen and oxygen atoms in total. The lowest BCUT2D eigenvalue weighted by atomic mass is 9.86. The summed E-state index contributed by atoms with van der Waals surface area (Å²) in [6.45, 7) is 12.8. The van der Waals surface area contributed by atoms with Crippen molar-refractivity contribution < 1.29 is 5.11 Å². The van der Waals surface area contributed by atoms with Gasteiger partial charge >= 0.3 is 0 Å². The Balaban J connectivity index is 1.57. The van der Waals surface area contributed by atoms with Gasteiger partial charge in [-0.25, -0.2) is 0 Å². The van der Waals surface area contributed by atoms with Crippen molar-refractivity contribution in [3.8, 4) is 0 Å². The third kappa shape index (κ3) is 4.90. The van der Waals surface area contributed by atoms with E-state index >= 15 is 0 Å². The van der Waals surface area contributed by atoms with E-state index in [9.17, 15) is 5.11 Å². The highest BCUT2D eigenvalue weighted by atomic mass is 16.3. The molecule has 1 saturated carbocycles. The second kappa shape index (κ2) is 8.60. The topological polar surface area (TPSA) is 42.0 Å². The van der Waals surface area contributed by atoms with E-state index in [1.54, 1.807) is 0 Å². The first-order valence-corrected chi connectivity index (χ1v) is 9.37. The fourth-order valence-corrected chi connectivity index (χ4v) is 4.15. The van der Waals surface area contributed by atoms with Crippen molar-refractivity contribution in [1.29, 1.82) is 0 Å². The minimum atomic E-state index is -0.0586. The predicted molar refractivity (Wildman–Crippen MR) is 90.2 cm³/mol. The van der Waals surface area contributed by atoms with Gasteiger partial charge in [-0.05, 0) is 18.8 Å². The van der Waals surface area contributed by atoms with Crippen LogP contribution in [0.2, 0.25) is 0 Å². The molecule has 0 aromatic carbocycles. The Kier molecular flexibility index (Phi) is 6.51. The van der Waals surface area contributed by atoms with Crippen LogP contribution in [0.4, 0.5) is 0 Å². The van der Waals surface area contributed by atoms with Gasteiger partial charge < -0.3 is 15.3 Å². The average Bonchev–Trinajstić information content (AvgIpc) is 2.69. The summed E-state index contributed by atoms with van der Waals surface area (Å²) in [6.07, 6.45) is 4.69. The number of aliphatic hydroxyl groups is 1. The highest BCUT2D eigenvalue weighted by molar-refractivity contribution is 4.80. The van der Waals surface area contributed by atoms with E-state index in [-0.39, 0.29) is 6.10 Å². The summed E-state index contributed by atoms with van der Waals surface area (Å²) < 4.78 is 0. The quantitative estimate of drug-likeness (QED) is 0.755. The van der Waals surface area contributed by atoms with Gasteiger partial charge in [0.25, 0.3) is 0 Å². The van der Waals surface area contributed by atoms with Gasteiger partial charge in [0.1, 0.15) is 0 Å². The average molecular weight is 310 g/mol. The molecule has 128 valence electrons. The van der Waals surface area contributed by atoms with Gasteiger partial charge in [0.05, 0.1) is 6.10 Å². The third-order valence-corrected chi connectivity index (χ3v) is 5.77. The fourth-order valence-electron chi connectivity index (χ4n) is 4.15. The molecule has 0 aromatic heterocycles. The number of fused-ring (bicyclic) bond motifs is 3. The van der Waals surface area contributed by atoms with Gasteiger partial charge in [-0.3, -0.25) is 9.80 Å². The van der Waals surface area contributed by atoms with Gasteiger partial charge in [0.15, 0.2) is 0 Å². The lowest BCUT2D eigenvalue weighted by Gasteiger charge is -2.34. The molecule has 3 fully saturated rings. The van der Waals surface area contributed by atoms with E-state index in [1.807, 2.05) is 0 Å². The molecule has 2 N–H and O–H groups in total. The largest absolute Gasteiger partial charge is 0.393 e. The highest BCUT2D eigenvalue weighted by Gasteiger charge is 2.26. The smallest absolute Gasteiger partial charge is 0.0580 e. The Morgan fingerprint density at radius 1 is 0.773 bits per heavy atom. The van der Waals surface area contributed by atoms with Crippen molar-refractivity contribution in [2.45, 2.75) is 31.8 Å². The SMILES string of the molecule is OC1CCCCC1CN1CCN2CCNCCN(CC2)CC1. The minimum Gasteiger partial charge on any atom is -0.393 e. The molecule has 0 amide bonds. The highest BCUT2D eigenvalue weighted by Crippen LogP contribution is 2.25. The van der Waals surface area contributed by atoms with Gasteiger partial charge in [0, 0.05) is 72.0 Å². The lowest BCUT2D eigenvalue weighted by Crippen LogP contribution is -2.44. The van der Waals surface area contributed by atoms with Crippen LogP contribution in [0.15, 0.2) is 0 Å². The van der Waals surface area contributed by atoms with Gasteiger partial charge in [-0.2, -0.15) is 0 Å². The Morgan fingerprint density at radius 3 is 2.00 bits per heavy atom. The van der Waals surface area contributed by atoms with Gasteiger partial charge in [-0.15, -0.1) is 0 Å². The molecule has 22 heavy (non-hydrogen) atoms. The van der Waals surface area contributed by atoms with E-state index in [2.05, 4.69) is 20.0 Å². The van der Waals surface area contributed by atoms with E-state index in [0.717, 1.165) is 39.1 Å². The molecule has 4 unspecified atom stereocenters. The van der Waals surface area contributed by atoms with Crippen LogP contribution >= 0.6 is 0 Å². The van der Waals surface area contributed by atoms with Crippen LogP contribution in [0, 0.1) is 5.92 Å². The number of nitrogens with one attached hydrogen (secondary N) is 1. The normalized spacial score (nSPS) is 39.1. The molecule has 3 aliphatic rings. The van der Waals surface area contributed by atoms with E-state index in [1.165, 1.54) is 58.5 Å². The molecular formula is C17H34N4O. The number of hydrogen-bond donors (Lipinski definition) is 2. The molecule has 2 saturated heterocycles. The zero-order valence-corrected chi connectivity index (χ0v) is 14.1. The van der Waals surface area contributed by atoms with Crippen LogP contribution < -0.4 is 5.32 Å². The maximum absolute atomic E-state index is 10.3.